The average Bonchev–Trinajstić information content (AvgIpc) is 2.91. The number of hydrogen-bond acceptors (Lipinski definition) is 4. The molecule has 1 aromatic rings. The molecule has 6 heteroatoms. The lowest BCUT2D eigenvalue weighted by atomic mass is 10.0. The van der Waals surface area contributed by atoms with Gasteiger partial charge in [-0.1, -0.05) is 17.7 Å². The molecule has 1 aliphatic carbocycles. The van der Waals surface area contributed by atoms with E-state index in [-0.39, 0.29) is 6.61 Å². The van der Waals surface area contributed by atoms with Crippen LogP contribution < -0.4 is 4.90 Å². The molecule has 2 amide bonds. The average molecular weight is 322 g/mol. The van der Waals surface area contributed by atoms with Crippen molar-refractivity contribution in [2.24, 2.45) is 11.3 Å². The summed E-state index contributed by atoms with van der Waals surface area (Å²) < 4.78 is 4.93. The minimum Gasteiger partial charge on any atom is -0.465 e. The van der Waals surface area contributed by atoms with Crippen molar-refractivity contribution in [1.82, 2.24) is 0 Å². The fraction of sp³-hybridized carbons (Fsp3) is 0.438. The molecule has 0 unspecified atom stereocenters. The molecule has 3 atom stereocenters. The molecule has 1 aliphatic heterocycles. The summed E-state index contributed by atoms with van der Waals surface area (Å²) in [6, 6.07) is 7.06. The minimum atomic E-state index is -1.57. The minimum absolute atomic E-state index is 0.153. The summed E-state index contributed by atoms with van der Waals surface area (Å²) in [6.07, 6.45) is 0. The lowest BCUT2D eigenvalue weighted by Gasteiger charge is -2.23. The van der Waals surface area contributed by atoms with E-state index in [0.29, 0.717) is 5.69 Å². The standard InChI is InChI=1S/C16H16ClNO4/c1-4-22-14(21)16(17)11-12(19)18(13(20)15(11,16)3)10-7-5-9(2)6-8-10/h5-8,11H,4H2,1-3H3/t11-,15-,16+/m0/s1. The molecule has 1 saturated carbocycles. The lowest BCUT2D eigenvalue weighted by Crippen LogP contribution is -2.44. The number of imide groups is 1. The third-order valence-electron chi connectivity index (χ3n) is 4.63. The number of aryl methyl sites for hydroxylation is 1. The Hall–Kier alpha value is -1.88. The summed E-state index contributed by atoms with van der Waals surface area (Å²) in [5.41, 5.74) is 0.289. The highest BCUT2D eigenvalue weighted by Gasteiger charge is 2.90. The van der Waals surface area contributed by atoms with Gasteiger partial charge in [0.05, 0.1) is 23.6 Å². The number of rotatable bonds is 3. The summed E-state index contributed by atoms with van der Waals surface area (Å²) in [4.78, 5) is 36.9. The van der Waals surface area contributed by atoms with Crippen LogP contribution in [0.25, 0.3) is 0 Å². The number of benzene rings is 1. The van der Waals surface area contributed by atoms with Gasteiger partial charge in [-0.2, -0.15) is 0 Å². The highest BCUT2D eigenvalue weighted by molar-refractivity contribution is 6.48. The van der Waals surface area contributed by atoms with Gasteiger partial charge >= 0.3 is 5.97 Å². The predicted molar refractivity (Wildman–Crippen MR) is 80.5 cm³/mol. The number of alkyl halides is 1. The highest BCUT2D eigenvalue weighted by atomic mass is 35.5. The summed E-state index contributed by atoms with van der Waals surface area (Å²) >= 11 is 6.31. The van der Waals surface area contributed by atoms with Crippen molar-refractivity contribution in [3.05, 3.63) is 29.8 Å². The number of ether oxygens (including phenoxy) is 1. The molecule has 1 aromatic carbocycles. The van der Waals surface area contributed by atoms with Gasteiger partial charge < -0.3 is 4.74 Å². The maximum atomic E-state index is 12.7. The number of anilines is 1. The van der Waals surface area contributed by atoms with E-state index in [4.69, 9.17) is 16.3 Å². The molecule has 0 N–H and O–H groups in total. The number of carbonyl (C=O) groups excluding carboxylic acids is 3. The lowest BCUT2D eigenvalue weighted by molar-refractivity contribution is -0.147. The van der Waals surface area contributed by atoms with Crippen LogP contribution in [0.1, 0.15) is 19.4 Å². The van der Waals surface area contributed by atoms with Gasteiger partial charge in [0.15, 0.2) is 4.87 Å². The Morgan fingerprint density at radius 1 is 1.32 bits per heavy atom. The second kappa shape index (κ2) is 4.56. The van der Waals surface area contributed by atoms with E-state index in [2.05, 4.69) is 0 Å². The fourth-order valence-electron chi connectivity index (χ4n) is 3.24. The molecule has 5 nitrogen and oxygen atoms in total. The van der Waals surface area contributed by atoms with Crippen molar-refractivity contribution in [1.29, 1.82) is 0 Å². The van der Waals surface area contributed by atoms with Crippen molar-refractivity contribution in [2.75, 3.05) is 11.5 Å². The first-order valence-corrected chi connectivity index (χ1v) is 7.49. The second-order valence-corrected chi connectivity index (χ2v) is 6.48. The van der Waals surface area contributed by atoms with E-state index in [1.807, 2.05) is 19.1 Å². The zero-order valence-corrected chi connectivity index (χ0v) is 13.3. The smallest absolute Gasteiger partial charge is 0.329 e. The molecule has 116 valence electrons. The maximum absolute atomic E-state index is 12.7. The van der Waals surface area contributed by atoms with Crippen LogP contribution >= 0.6 is 11.6 Å². The number of nitrogens with zero attached hydrogens (tertiary/aromatic N) is 1. The van der Waals surface area contributed by atoms with Crippen LogP contribution in [0.3, 0.4) is 0 Å². The van der Waals surface area contributed by atoms with Crippen molar-refractivity contribution in [3.8, 4) is 0 Å². The van der Waals surface area contributed by atoms with Crippen molar-refractivity contribution in [3.63, 3.8) is 0 Å². The van der Waals surface area contributed by atoms with Crippen LogP contribution in [0.15, 0.2) is 24.3 Å². The Kier molecular flexibility index (Phi) is 3.11. The largest absolute Gasteiger partial charge is 0.465 e. The van der Waals surface area contributed by atoms with E-state index < -0.39 is 34.0 Å². The number of hydrogen-bond donors (Lipinski definition) is 0. The van der Waals surface area contributed by atoms with Crippen molar-refractivity contribution in [2.45, 2.75) is 25.6 Å². The molecule has 0 spiro atoms. The normalized spacial score (nSPS) is 32.9. The van der Waals surface area contributed by atoms with Crippen LogP contribution in [0.4, 0.5) is 5.69 Å². The maximum Gasteiger partial charge on any atom is 0.329 e. The number of esters is 1. The van der Waals surface area contributed by atoms with Crippen LogP contribution in [-0.4, -0.2) is 29.3 Å². The summed E-state index contributed by atoms with van der Waals surface area (Å²) in [5, 5.41) is 0. The number of fused-ring (bicyclic) bond motifs is 1. The fourth-order valence-corrected chi connectivity index (χ4v) is 3.74. The van der Waals surface area contributed by atoms with Gasteiger partial charge in [-0.15, -0.1) is 11.6 Å². The van der Waals surface area contributed by atoms with Crippen LogP contribution in [0.5, 0.6) is 0 Å². The van der Waals surface area contributed by atoms with E-state index in [9.17, 15) is 14.4 Å². The molecule has 22 heavy (non-hydrogen) atoms. The van der Waals surface area contributed by atoms with Gasteiger partial charge in [0, 0.05) is 0 Å². The molecular formula is C16H16ClNO4. The molecule has 0 bridgehead atoms. The Morgan fingerprint density at radius 3 is 2.36 bits per heavy atom. The van der Waals surface area contributed by atoms with E-state index in [1.165, 1.54) is 0 Å². The molecule has 0 radical (unpaired) electrons. The summed E-state index contributed by atoms with van der Waals surface area (Å²) in [5.74, 6) is -2.46. The van der Waals surface area contributed by atoms with Crippen LogP contribution in [0.2, 0.25) is 0 Å². The Bertz CT molecular complexity index is 686. The number of halogens is 1. The van der Waals surface area contributed by atoms with Crippen LogP contribution in [0, 0.1) is 18.3 Å². The second-order valence-electron chi connectivity index (χ2n) is 5.88. The van der Waals surface area contributed by atoms with Gasteiger partial charge in [-0.25, -0.2) is 4.90 Å². The Morgan fingerprint density at radius 2 is 1.91 bits per heavy atom. The first-order valence-electron chi connectivity index (χ1n) is 7.11. The topological polar surface area (TPSA) is 63.7 Å². The Balaban J connectivity index is 1.95. The van der Waals surface area contributed by atoms with Gasteiger partial charge in [-0.05, 0) is 32.9 Å². The van der Waals surface area contributed by atoms with Gasteiger partial charge in [0.2, 0.25) is 11.8 Å². The first kappa shape index (κ1) is 15.0. The predicted octanol–water partition coefficient (Wildman–Crippen LogP) is 2.05. The number of carbonyl (C=O) groups is 3. The quantitative estimate of drug-likeness (QED) is 0.485. The van der Waals surface area contributed by atoms with E-state index >= 15 is 0 Å². The third kappa shape index (κ3) is 1.57. The zero-order chi connectivity index (χ0) is 16.3. The first-order chi connectivity index (χ1) is 10.3. The SMILES string of the molecule is CCOC(=O)[C@]1(Cl)[C@H]2C(=O)N(c3ccc(C)cc3)C(=O)[C@]21C. The van der Waals surface area contributed by atoms with Gasteiger partial charge in [0.1, 0.15) is 0 Å². The Labute approximate surface area is 133 Å². The molecule has 0 aromatic heterocycles. The molecule has 1 heterocycles. The number of piperidine rings is 1. The molecular weight excluding hydrogens is 306 g/mol. The van der Waals surface area contributed by atoms with Gasteiger partial charge in [0.25, 0.3) is 0 Å². The van der Waals surface area contributed by atoms with E-state index in [1.54, 1.807) is 26.0 Å². The molecule has 1 saturated heterocycles. The summed E-state index contributed by atoms with van der Waals surface area (Å²) in [7, 11) is 0. The molecule has 2 aliphatic rings. The number of amides is 2. The van der Waals surface area contributed by atoms with Gasteiger partial charge in [-0.3, -0.25) is 14.4 Å². The molecule has 2 fully saturated rings. The van der Waals surface area contributed by atoms with Crippen molar-refractivity contribution >= 4 is 35.1 Å². The summed E-state index contributed by atoms with van der Waals surface area (Å²) in [6.45, 7) is 5.28. The van der Waals surface area contributed by atoms with E-state index in [0.717, 1.165) is 10.5 Å². The third-order valence-corrected chi connectivity index (χ3v) is 5.39. The highest BCUT2D eigenvalue weighted by Crippen LogP contribution is 2.71. The molecule has 3 rings (SSSR count). The van der Waals surface area contributed by atoms with Crippen LogP contribution in [-0.2, 0) is 19.1 Å². The zero-order valence-electron chi connectivity index (χ0n) is 12.6. The van der Waals surface area contributed by atoms with Crippen molar-refractivity contribution < 1.29 is 19.1 Å². The monoisotopic (exact) mass is 321 g/mol.